The fraction of sp³-hybridized carbons (Fsp3) is 0.133. The largest absolute Gasteiger partial charge is 0.348 e. The number of hydrogen-bond acceptors (Lipinski definition) is 1. The van der Waals surface area contributed by atoms with Gasteiger partial charge in [0.05, 0.1) is 5.56 Å². The molecule has 104 valence electrons. The van der Waals surface area contributed by atoms with Crippen LogP contribution in [0.15, 0.2) is 36.4 Å². The molecule has 0 aliphatic carbocycles. The summed E-state index contributed by atoms with van der Waals surface area (Å²) < 4.78 is 13.9. The van der Waals surface area contributed by atoms with Crippen molar-refractivity contribution in [1.29, 1.82) is 0 Å². The number of benzene rings is 2. The Hall–Kier alpha value is -1.14. The Morgan fingerprint density at radius 1 is 1.30 bits per heavy atom. The van der Waals surface area contributed by atoms with Crippen LogP contribution in [-0.4, -0.2) is 5.91 Å². The van der Waals surface area contributed by atoms with Crippen LogP contribution in [0, 0.1) is 16.3 Å². The number of hydrogen-bond donors (Lipinski definition) is 1. The lowest BCUT2D eigenvalue weighted by Crippen LogP contribution is -2.23. The smallest absolute Gasteiger partial charge is 0.252 e. The van der Waals surface area contributed by atoms with Crippen LogP contribution in [0.5, 0.6) is 0 Å². The van der Waals surface area contributed by atoms with E-state index in [0.717, 1.165) is 9.13 Å². The molecule has 0 heterocycles. The van der Waals surface area contributed by atoms with Gasteiger partial charge in [-0.25, -0.2) is 4.39 Å². The summed E-state index contributed by atoms with van der Waals surface area (Å²) in [5, 5.41) is 3.41. The van der Waals surface area contributed by atoms with Crippen molar-refractivity contribution in [2.24, 2.45) is 0 Å². The van der Waals surface area contributed by atoms with Gasteiger partial charge >= 0.3 is 0 Å². The van der Waals surface area contributed by atoms with Crippen LogP contribution < -0.4 is 5.32 Å². The SMILES string of the molecule is Cc1cc(CNC(=O)c2ccc(Cl)cc2I)ccc1F. The average molecular weight is 404 g/mol. The third-order valence-electron chi connectivity index (χ3n) is 2.85. The van der Waals surface area contributed by atoms with E-state index in [9.17, 15) is 9.18 Å². The van der Waals surface area contributed by atoms with Gasteiger partial charge in [0.2, 0.25) is 0 Å². The molecule has 0 aliphatic heterocycles. The summed E-state index contributed by atoms with van der Waals surface area (Å²) in [6.07, 6.45) is 0. The van der Waals surface area contributed by atoms with E-state index in [4.69, 9.17) is 11.6 Å². The van der Waals surface area contributed by atoms with E-state index in [2.05, 4.69) is 27.9 Å². The number of halogens is 3. The van der Waals surface area contributed by atoms with Crippen LogP contribution in [0.4, 0.5) is 4.39 Å². The molecule has 0 fully saturated rings. The Balaban J connectivity index is 2.06. The van der Waals surface area contributed by atoms with Crippen molar-refractivity contribution >= 4 is 40.1 Å². The van der Waals surface area contributed by atoms with Crippen LogP contribution in [0.25, 0.3) is 0 Å². The van der Waals surface area contributed by atoms with Gasteiger partial charge in [-0.15, -0.1) is 0 Å². The highest BCUT2D eigenvalue weighted by atomic mass is 127. The van der Waals surface area contributed by atoms with Crippen molar-refractivity contribution in [2.75, 3.05) is 0 Å². The predicted molar refractivity (Wildman–Crippen MR) is 86.5 cm³/mol. The Bertz CT molecular complexity index is 660. The van der Waals surface area contributed by atoms with Crippen LogP contribution in [-0.2, 0) is 6.54 Å². The number of carbonyl (C=O) groups excluding carboxylic acids is 1. The molecule has 2 nitrogen and oxygen atoms in total. The van der Waals surface area contributed by atoms with Crippen molar-refractivity contribution in [3.8, 4) is 0 Å². The molecule has 1 amide bonds. The van der Waals surface area contributed by atoms with Crippen molar-refractivity contribution in [3.05, 3.63) is 67.5 Å². The summed E-state index contributed by atoms with van der Waals surface area (Å²) in [5.41, 5.74) is 2.01. The van der Waals surface area contributed by atoms with Gasteiger partial charge in [-0.2, -0.15) is 0 Å². The Morgan fingerprint density at radius 3 is 2.70 bits per heavy atom. The standard InChI is InChI=1S/C15H12ClFINO/c1-9-6-10(2-5-13(9)17)8-19-15(20)12-4-3-11(16)7-14(12)18/h2-7H,8H2,1H3,(H,19,20). The molecule has 0 unspecified atom stereocenters. The third-order valence-corrected chi connectivity index (χ3v) is 3.98. The fourth-order valence-electron chi connectivity index (χ4n) is 1.77. The van der Waals surface area contributed by atoms with Gasteiger partial charge < -0.3 is 5.32 Å². The number of nitrogens with one attached hydrogen (secondary N) is 1. The van der Waals surface area contributed by atoms with Gasteiger partial charge in [-0.1, -0.05) is 23.7 Å². The lowest BCUT2D eigenvalue weighted by Gasteiger charge is -2.08. The first-order valence-electron chi connectivity index (χ1n) is 5.95. The normalized spacial score (nSPS) is 10.4. The van der Waals surface area contributed by atoms with Gasteiger partial charge in [-0.05, 0) is 64.9 Å². The van der Waals surface area contributed by atoms with Crippen molar-refractivity contribution in [2.45, 2.75) is 13.5 Å². The van der Waals surface area contributed by atoms with Gasteiger partial charge in [0.25, 0.3) is 5.91 Å². The second-order valence-electron chi connectivity index (χ2n) is 4.39. The number of carbonyl (C=O) groups is 1. The van der Waals surface area contributed by atoms with Gasteiger partial charge in [0.1, 0.15) is 5.82 Å². The zero-order valence-electron chi connectivity index (χ0n) is 10.7. The molecule has 0 aliphatic rings. The second-order valence-corrected chi connectivity index (χ2v) is 5.99. The fourth-order valence-corrected chi connectivity index (χ4v) is 2.88. The van der Waals surface area contributed by atoms with Gasteiger partial charge in [-0.3, -0.25) is 4.79 Å². The van der Waals surface area contributed by atoms with Crippen LogP contribution in [0.2, 0.25) is 5.02 Å². The van der Waals surface area contributed by atoms with Crippen LogP contribution in [0.3, 0.4) is 0 Å². The summed E-state index contributed by atoms with van der Waals surface area (Å²) in [5.74, 6) is -0.416. The minimum absolute atomic E-state index is 0.173. The molecular weight excluding hydrogens is 392 g/mol. The molecule has 0 saturated heterocycles. The zero-order chi connectivity index (χ0) is 14.7. The molecular formula is C15H12ClFINO. The number of rotatable bonds is 3. The molecule has 2 rings (SSSR count). The number of amides is 1. The molecule has 0 spiro atoms. The molecule has 0 aromatic heterocycles. The maximum atomic E-state index is 13.2. The molecule has 0 bridgehead atoms. The van der Waals surface area contributed by atoms with E-state index in [-0.39, 0.29) is 11.7 Å². The van der Waals surface area contributed by atoms with E-state index in [1.165, 1.54) is 6.07 Å². The van der Waals surface area contributed by atoms with Crippen molar-refractivity contribution in [3.63, 3.8) is 0 Å². The Kier molecular flexibility index (Phi) is 4.99. The molecule has 1 N–H and O–H groups in total. The topological polar surface area (TPSA) is 29.1 Å². The summed E-state index contributed by atoms with van der Waals surface area (Å²) in [6, 6.07) is 9.90. The summed E-state index contributed by atoms with van der Waals surface area (Å²) >= 11 is 7.93. The van der Waals surface area contributed by atoms with E-state index >= 15 is 0 Å². The lowest BCUT2D eigenvalue weighted by molar-refractivity contribution is 0.0950. The van der Waals surface area contributed by atoms with Crippen molar-refractivity contribution < 1.29 is 9.18 Å². The van der Waals surface area contributed by atoms with E-state index in [1.807, 2.05) is 0 Å². The quantitative estimate of drug-likeness (QED) is 0.760. The first kappa shape index (κ1) is 15.3. The first-order chi connectivity index (χ1) is 9.47. The average Bonchev–Trinajstić information content (AvgIpc) is 2.40. The molecule has 2 aromatic carbocycles. The lowest BCUT2D eigenvalue weighted by atomic mass is 10.1. The maximum Gasteiger partial charge on any atom is 0.252 e. The predicted octanol–water partition coefficient (Wildman–Crippen LogP) is 4.32. The molecule has 0 atom stereocenters. The highest BCUT2D eigenvalue weighted by Gasteiger charge is 2.10. The highest BCUT2D eigenvalue weighted by Crippen LogP contribution is 2.18. The minimum atomic E-state index is -0.243. The van der Waals surface area contributed by atoms with Gasteiger partial charge in [0.15, 0.2) is 0 Å². The van der Waals surface area contributed by atoms with E-state index in [1.54, 1.807) is 37.3 Å². The van der Waals surface area contributed by atoms with Gasteiger partial charge in [0, 0.05) is 15.1 Å². The zero-order valence-corrected chi connectivity index (χ0v) is 13.6. The summed E-state index contributed by atoms with van der Waals surface area (Å²) in [6.45, 7) is 2.06. The monoisotopic (exact) mass is 403 g/mol. The van der Waals surface area contributed by atoms with Crippen molar-refractivity contribution in [1.82, 2.24) is 5.32 Å². The maximum absolute atomic E-state index is 13.2. The summed E-state index contributed by atoms with van der Waals surface area (Å²) in [7, 11) is 0. The van der Waals surface area contributed by atoms with Crippen LogP contribution in [0.1, 0.15) is 21.5 Å². The first-order valence-corrected chi connectivity index (χ1v) is 7.41. The highest BCUT2D eigenvalue weighted by molar-refractivity contribution is 14.1. The third kappa shape index (κ3) is 3.70. The molecule has 20 heavy (non-hydrogen) atoms. The molecule has 0 saturated carbocycles. The van der Waals surface area contributed by atoms with E-state index < -0.39 is 0 Å². The van der Waals surface area contributed by atoms with E-state index in [0.29, 0.717) is 22.7 Å². The number of aryl methyl sites for hydroxylation is 1. The Labute approximate surface area is 135 Å². The summed E-state index contributed by atoms with van der Waals surface area (Å²) in [4.78, 5) is 12.1. The minimum Gasteiger partial charge on any atom is -0.348 e. The Morgan fingerprint density at radius 2 is 2.05 bits per heavy atom. The second kappa shape index (κ2) is 6.54. The molecule has 2 aromatic rings. The molecule has 0 radical (unpaired) electrons. The van der Waals surface area contributed by atoms with Crippen LogP contribution >= 0.6 is 34.2 Å². The molecule has 5 heteroatoms.